The molecule has 26 heavy (non-hydrogen) atoms. The van der Waals surface area contributed by atoms with E-state index in [1.165, 1.54) is 0 Å². The van der Waals surface area contributed by atoms with Gasteiger partial charge in [0.25, 0.3) is 0 Å². The van der Waals surface area contributed by atoms with E-state index in [4.69, 9.17) is 18.9 Å². The lowest BCUT2D eigenvalue weighted by atomic mass is 9.72. The van der Waals surface area contributed by atoms with Gasteiger partial charge in [0.15, 0.2) is 6.79 Å². The van der Waals surface area contributed by atoms with Crippen LogP contribution in [0.1, 0.15) is 47.5 Å². The van der Waals surface area contributed by atoms with Crippen LogP contribution in [-0.4, -0.2) is 70.7 Å². The fourth-order valence-electron chi connectivity index (χ4n) is 2.50. The average molecular weight is 376 g/mol. The number of carbonyl (C=O) groups excluding carboxylic acids is 2. The summed E-state index contributed by atoms with van der Waals surface area (Å²) >= 11 is 0. The lowest BCUT2D eigenvalue weighted by Crippen LogP contribution is -2.39. The number of ether oxygens (including phenoxy) is 4. The molecule has 0 aliphatic rings. The van der Waals surface area contributed by atoms with Crippen LogP contribution in [0.2, 0.25) is 0 Å². The molecule has 7 heteroatoms. The highest BCUT2D eigenvalue weighted by atomic mass is 16.7. The second-order valence-electron chi connectivity index (χ2n) is 7.57. The van der Waals surface area contributed by atoms with Crippen LogP contribution in [0.25, 0.3) is 0 Å². The van der Waals surface area contributed by atoms with Crippen LogP contribution >= 0.6 is 0 Å². The predicted molar refractivity (Wildman–Crippen MR) is 99.7 cm³/mol. The molecule has 0 saturated carbocycles. The number of hydrogen-bond acceptors (Lipinski definition) is 7. The second-order valence-corrected chi connectivity index (χ2v) is 7.57. The van der Waals surface area contributed by atoms with Crippen LogP contribution < -0.4 is 0 Å². The highest BCUT2D eigenvalue weighted by Crippen LogP contribution is 2.38. The van der Waals surface area contributed by atoms with Crippen LogP contribution in [0.15, 0.2) is 0 Å². The van der Waals surface area contributed by atoms with Crippen LogP contribution in [0.4, 0.5) is 0 Å². The number of esters is 2. The van der Waals surface area contributed by atoms with Crippen molar-refractivity contribution in [2.75, 3.05) is 53.9 Å². The number of likely N-dealkylation sites (N-methyl/N-ethyl adjacent to an activating group) is 1. The minimum Gasteiger partial charge on any atom is -0.464 e. The maximum absolute atomic E-state index is 12.5. The third-order valence-electron chi connectivity index (χ3n) is 4.28. The zero-order valence-corrected chi connectivity index (χ0v) is 17.6. The fraction of sp³-hybridized carbons (Fsp3) is 0.895. The average Bonchev–Trinajstić information content (AvgIpc) is 2.56. The molecule has 154 valence electrons. The van der Waals surface area contributed by atoms with Crippen molar-refractivity contribution < 1.29 is 28.5 Å². The largest absolute Gasteiger partial charge is 0.464 e. The van der Waals surface area contributed by atoms with E-state index in [9.17, 15) is 9.59 Å². The van der Waals surface area contributed by atoms with Gasteiger partial charge in [-0.05, 0) is 54.6 Å². The minimum atomic E-state index is -0.786. The van der Waals surface area contributed by atoms with E-state index in [0.29, 0.717) is 45.8 Å². The van der Waals surface area contributed by atoms with Gasteiger partial charge in [-0.15, -0.1) is 0 Å². The molecule has 0 spiro atoms. The predicted octanol–water partition coefficient (Wildman–Crippen LogP) is 2.48. The Morgan fingerprint density at radius 1 is 0.885 bits per heavy atom. The lowest BCUT2D eigenvalue weighted by Gasteiger charge is -2.33. The Morgan fingerprint density at radius 3 is 2.04 bits per heavy atom. The summed E-state index contributed by atoms with van der Waals surface area (Å²) in [6.45, 7) is 11.5. The molecule has 0 aromatic heterocycles. The number of nitrogens with zero attached hydrogens (tertiary/aromatic N) is 1. The first-order valence-corrected chi connectivity index (χ1v) is 9.23. The summed E-state index contributed by atoms with van der Waals surface area (Å²) in [7, 11) is 3.83. The summed E-state index contributed by atoms with van der Waals surface area (Å²) in [4.78, 5) is 26.8. The van der Waals surface area contributed by atoms with Gasteiger partial charge in [-0.25, -0.2) is 0 Å². The summed E-state index contributed by atoms with van der Waals surface area (Å²) in [6, 6.07) is 0. The molecule has 1 unspecified atom stereocenters. The van der Waals surface area contributed by atoms with E-state index in [-0.39, 0.29) is 18.7 Å². The van der Waals surface area contributed by atoms with E-state index in [1.54, 1.807) is 13.8 Å². The Kier molecular flexibility index (Phi) is 11.7. The van der Waals surface area contributed by atoms with Crippen LogP contribution in [0.3, 0.4) is 0 Å². The molecule has 0 radical (unpaired) electrons. The summed E-state index contributed by atoms with van der Waals surface area (Å²) in [5.41, 5.74) is -1.57. The first kappa shape index (κ1) is 24.8. The maximum atomic E-state index is 12.5. The fourth-order valence-corrected chi connectivity index (χ4v) is 2.50. The van der Waals surface area contributed by atoms with Crippen molar-refractivity contribution in [1.82, 2.24) is 4.90 Å². The van der Waals surface area contributed by atoms with E-state index in [1.807, 2.05) is 39.8 Å². The normalized spacial score (nSPS) is 14.2. The summed E-state index contributed by atoms with van der Waals surface area (Å²) in [6.07, 6.45) is 0.897. The van der Waals surface area contributed by atoms with Gasteiger partial charge in [0.1, 0.15) is 6.61 Å². The molecule has 0 aliphatic carbocycles. The van der Waals surface area contributed by atoms with Gasteiger partial charge >= 0.3 is 11.9 Å². The second kappa shape index (κ2) is 12.3. The standard InChI is InChI=1S/C19H37NO6/c1-8-19(5,17(22)26-15-24-13-12-23-9-2)14-18(3,4)16(21)25-11-10-20(6)7/h8-15H2,1-7H3. The molecule has 0 N–H and O–H groups in total. The van der Waals surface area contributed by atoms with Gasteiger partial charge < -0.3 is 23.8 Å². The van der Waals surface area contributed by atoms with Crippen molar-refractivity contribution >= 4 is 11.9 Å². The zero-order chi connectivity index (χ0) is 20.2. The molecule has 0 fully saturated rings. The number of rotatable bonds is 14. The van der Waals surface area contributed by atoms with E-state index in [0.717, 1.165) is 0 Å². The maximum Gasteiger partial charge on any atom is 0.313 e. The monoisotopic (exact) mass is 375 g/mol. The van der Waals surface area contributed by atoms with Gasteiger partial charge in [0.2, 0.25) is 0 Å². The Bertz CT molecular complexity index is 424. The highest BCUT2D eigenvalue weighted by molar-refractivity contribution is 5.80. The number of carbonyl (C=O) groups is 2. The smallest absolute Gasteiger partial charge is 0.313 e. The Labute approximate surface area is 158 Å². The lowest BCUT2D eigenvalue weighted by molar-refractivity contribution is -0.173. The van der Waals surface area contributed by atoms with Crippen LogP contribution in [-0.2, 0) is 28.5 Å². The van der Waals surface area contributed by atoms with Gasteiger partial charge in [-0.3, -0.25) is 9.59 Å². The molecule has 1 atom stereocenters. The summed E-state index contributed by atoms with van der Waals surface area (Å²) in [5.74, 6) is -0.676. The van der Waals surface area contributed by atoms with Crippen LogP contribution in [0.5, 0.6) is 0 Å². The van der Waals surface area contributed by atoms with Gasteiger partial charge in [0.05, 0.1) is 24.0 Å². The third-order valence-corrected chi connectivity index (χ3v) is 4.28. The molecule has 0 saturated heterocycles. The Morgan fingerprint density at radius 2 is 1.50 bits per heavy atom. The summed E-state index contributed by atoms with van der Waals surface area (Å²) < 4.78 is 21.0. The van der Waals surface area contributed by atoms with Gasteiger partial charge in [0, 0.05) is 13.2 Å². The first-order chi connectivity index (χ1) is 12.1. The van der Waals surface area contributed by atoms with Crippen molar-refractivity contribution in [2.24, 2.45) is 10.8 Å². The minimum absolute atomic E-state index is 0.116. The molecule has 7 nitrogen and oxygen atoms in total. The van der Waals surface area contributed by atoms with Crippen molar-refractivity contribution in [3.63, 3.8) is 0 Å². The third kappa shape index (κ3) is 9.50. The molecule has 0 amide bonds. The van der Waals surface area contributed by atoms with Crippen molar-refractivity contribution in [3.8, 4) is 0 Å². The molecule has 0 aromatic carbocycles. The summed E-state index contributed by atoms with van der Waals surface area (Å²) in [5, 5.41) is 0. The molecular weight excluding hydrogens is 338 g/mol. The van der Waals surface area contributed by atoms with Crippen molar-refractivity contribution in [1.29, 1.82) is 0 Å². The van der Waals surface area contributed by atoms with E-state index >= 15 is 0 Å². The first-order valence-electron chi connectivity index (χ1n) is 9.23. The highest BCUT2D eigenvalue weighted by Gasteiger charge is 2.42. The Balaban J connectivity index is 4.55. The van der Waals surface area contributed by atoms with Crippen molar-refractivity contribution in [3.05, 3.63) is 0 Å². The molecule has 0 bridgehead atoms. The van der Waals surface area contributed by atoms with Crippen molar-refractivity contribution in [2.45, 2.75) is 47.5 Å². The van der Waals surface area contributed by atoms with E-state index < -0.39 is 10.8 Å². The molecular formula is C19H37NO6. The molecule has 0 aromatic rings. The zero-order valence-electron chi connectivity index (χ0n) is 17.6. The Hall–Kier alpha value is -1.18. The van der Waals surface area contributed by atoms with Gasteiger partial charge in [-0.1, -0.05) is 6.92 Å². The molecule has 0 rings (SSSR count). The molecule has 0 heterocycles. The van der Waals surface area contributed by atoms with E-state index in [2.05, 4.69) is 0 Å². The van der Waals surface area contributed by atoms with Crippen LogP contribution in [0, 0.1) is 10.8 Å². The topological polar surface area (TPSA) is 74.3 Å². The number of hydrogen-bond donors (Lipinski definition) is 0. The van der Waals surface area contributed by atoms with Gasteiger partial charge in [-0.2, -0.15) is 0 Å². The quantitative estimate of drug-likeness (QED) is 0.262. The SMILES string of the molecule is CCOCCOCOC(=O)C(C)(CC)CC(C)(C)C(=O)OCCN(C)C. The molecule has 0 aliphatic heterocycles.